The molecular formula is C19H16BrF2N5O4. The van der Waals surface area contributed by atoms with Crippen LogP contribution in [0.3, 0.4) is 0 Å². The predicted octanol–water partition coefficient (Wildman–Crippen LogP) is 3.54. The van der Waals surface area contributed by atoms with E-state index in [1.165, 1.54) is 12.1 Å². The van der Waals surface area contributed by atoms with Crippen LogP contribution in [0.5, 0.6) is 0 Å². The number of azide groups is 1. The molecule has 12 heteroatoms. The third-order valence-corrected chi connectivity index (χ3v) is 4.70. The SMILES string of the molecule is [N-]=[N+]=NC[C@H](CC(=O)O)NC(=O)c1ccc(CNC(=O)c2cc(F)c(F)cc2Br)cc1. The minimum Gasteiger partial charge on any atom is -0.481 e. The molecule has 162 valence electrons. The van der Waals surface area contributed by atoms with Crippen LogP contribution < -0.4 is 10.6 Å². The summed E-state index contributed by atoms with van der Waals surface area (Å²) in [6, 6.07) is 6.84. The molecule has 3 N–H and O–H groups in total. The zero-order chi connectivity index (χ0) is 23.0. The molecule has 2 rings (SSSR count). The van der Waals surface area contributed by atoms with Gasteiger partial charge in [-0.3, -0.25) is 14.4 Å². The maximum atomic E-state index is 13.4. The minimum absolute atomic E-state index is 0.0602. The quantitative estimate of drug-likeness (QED) is 0.211. The van der Waals surface area contributed by atoms with Gasteiger partial charge in [-0.1, -0.05) is 17.2 Å². The number of nitrogens with zero attached hydrogens (tertiary/aromatic N) is 3. The fraction of sp³-hybridized carbons (Fsp3) is 0.211. The van der Waals surface area contributed by atoms with E-state index in [4.69, 9.17) is 10.6 Å². The van der Waals surface area contributed by atoms with Crippen molar-refractivity contribution in [1.29, 1.82) is 0 Å². The Hall–Kier alpha value is -3.50. The zero-order valence-corrected chi connectivity index (χ0v) is 17.4. The molecule has 31 heavy (non-hydrogen) atoms. The minimum atomic E-state index is -1.16. The van der Waals surface area contributed by atoms with Crippen LogP contribution in [0, 0.1) is 11.6 Å². The largest absolute Gasteiger partial charge is 0.481 e. The lowest BCUT2D eigenvalue weighted by Crippen LogP contribution is -2.38. The number of nitrogens with one attached hydrogen (secondary N) is 2. The van der Waals surface area contributed by atoms with E-state index in [0.717, 1.165) is 12.1 Å². The molecule has 0 radical (unpaired) electrons. The van der Waals surface area contributed by atoms with E-state index in [1.807, 2.05) is 0 Å². The molecule has 0 saturated carbocycles. The number of carbonyl (C=O) groups excluding carboxylic acids is 2. The van der Waals surface area contributed by atoms with Gasteiger partial charge in [-0.15, -0.1) is 0 Å². The van der Waals surface area contributed by atoms with Crippen molar-refractivity contribution in [3.8, 4) is 0 Å². The second-order valence-electron chi connectivity index (χ2n) is 6.31. The van der Waals surface area contributed by atoms with Crippen LogP contribution in [-0.2, 0) is 11.3 Å². The van der Waals surface area contributed by atoms with Crippen molar-refractivity contribution in [1.82, 2.24) is 10.6 Å². The predicted molar refractivity (Wildman–Crippen MR) is 109 cm³/mol. The van der Waals surface area contributed by atoms with Gasteiger partial charge in [0.2, 0.25) is 0 Å². The summed E-state index contributed by atoms with van der Waals surface area (Å²) in [5.74, 6) is -4.56. The second kappa shape index (κ2) is 11.0. The first-order valence-corrected chi connectivity index (χ1v) is 9.55. The number of benzene rings is 2. The van der Waals surface area contributed by atoms with E-state index < -0.39 is 41.9 Å². The van der Waals surface area contributed by atoms with Gasteiger partial charge in [0.1, 0.15) is 0 Å². The molecule has 0 spiro atoms. The third kappa shape index (κ3) is 7.05. The topological polar surface area (TPSA) is 144 Å². The first-order chi connectivity index (χ1) is 14.7. The van der Waals surface area contributed by atoms with Crippen LogP contribution in [0.25, 0.3) is 10.4 Å². The van der Waals surface area contributed by atoms with Crippen LogP contribution in [0.2, 0.25) is 0 Å². The molecule has 9 nitrogen and oxygen atoms in total. The number of hydrogen-bond donors (Lipinski definition) is 3. The van der Waals surface area contributed by atoms with Crippen molar-refractivity contribution in [2.24, 2.45) is 5.11 Å². The average Bonchev–Trinajstić information content (AvgIpc) is 2.72. The molecule has 0 unspecified atom stereocenters. The molecule has 0 aliphatic rings. The number of carbonyl (C=O) groups is 3. The first kappa shape index (κ1) is 23.8. The lowest BCUT2D eigenvalue weighted by Gasteiger charge is -2.14. The standard InChI is InChI=1S/C19H16BrF2N5O4/c20-14-7-16(22)15(21)6-13(14)19(31)24-8-10-1-3-11(4-2-10)18(30)26-12(5-17(28)29)9-25-27-23/h1-4,6-7,12H,5,8-9H2,(H,24,31)(H,26,30)(H,28,29)/t12-/m0/s1. The Balaban J connectivity index is 1.99. The Morgan fingerprint density at radius 2 is 1.77 bits per heavy atom. The second-order valence-corrected chi connectivity index (χ2v) is 7.16. The summed E-state index contributed by atoms with van der Waals surface area (Å²) in [6.07, 6.45) is -0.408. The van der Waals surface area contributed by atoms with Gasteiger partial charge in [0, 0.05) is 34.1 Å². The van der Waals surface area contributed by atoms with Crippen LogP contribution in [0.1, 0.15) is 32.7 Å². The molecule has 1 atom stereocenters. The Morgan fingerprint density at radius 3 is 2.39 bits per heavy atom. The highest BCUT2D eigenvalue weighted by Gasteiger charge is 2.17. The number of carboxylic acid groups (broad SMARTS) is 1. The van der Waals surface area contributed by atoms with Gasteiger partial charge in [-0.2, -0.15) is 0 Å². The number of aliphatic carboxylic acids is 1. The number of amides is 2. The molecule has 0 aromatic heterocycles. The Labute approximate surface area is 183 Å². The highest BCUT2D eigenvalue weighted by atomic mass is 79.9. The number of carboxylic acids is 1. The average molecular weight is 496 g/mol. The van der Waals surface area contributed by atoms with E-state index in [1.54, 1.807) is 12.1 Å². The molecular weight excluding hydrogens is 480 g/mol. The van der Waals surface area contributed by atoms with E-state index in [-0.39, 0.29) is 28.7 Å². The van der Waals surface area contributed by atoms with Crippen molar-refractivity contribution in [3.05, 3.63) is 79.6 Å². The molecule has 2 aromatic carbocycles. The number of hydrogen-bond acceptors (Lipinski definition) is 4. The summed E-state index contributed by atoms with van der Waals surface area (Å²) in [5.41, 5.74) is 9.15. The van der Waals surface area contributed by atoms with Crippen molar-refractivity contribution in [3.63, 3.8) is 0 Å². The van der Waals surface area contributed by atoms with Gasteiger partial charge in [-0.05, 0) is 51.3 Å². The molecule has 2 aromatic rings. The molecule has 0 aliphatic heterocycles. The van der Waals surface area contributed by atoms with E-state index >= 15 is 0 Å². The van der Waals surface area contributed by atoms with Gasteiger partial charge in [0.25, 0.3) is 11.8 Å². The summed E-state index contributed by atoms with van der Waals surface area (Å²) in [6.45, 7) is -0.150. The van der Waals surface area contributed by atoms with E-state index in [0.29, 0.717) is 5.56 Å². The Bertz CT molecular complexity index is 1040. The highest BCUT2D eigenvalue weighted by molar-refractivity contribution is 9.10. The maximum Gasteiger partial charge on any atom is 0.305 e. The molecule has 0 heterocycles. The van der Waals surface area contributed by atoms with Gasteiger partial charge >= 0.3 is 5.97 Å². The van der Waals surface area contributed by atoms with Gasteiger partial charge in [0.05, 0.1) is 12.0 Å². The smallest absolute Gasteiger partial charge is 0.305 e. The van der Waals surface area contributed by atoms with Gasteiger partial charge in [-0.25, -0.2) is 8.78 Å². The fourth-order valence-electron chi connectivity index (χ4n) is 2.52. The zero-order valence-electron chi connectivity index (χ0n) is 15.8. The lowest BCUT2D eigenvalue weighted by atomic mass is 10.1. The van der Waals surface area contributed by atoms with Crippen molar-refractivity contribution in [2.45, 2.75) is 19.0 Å². The lowest BCUT2D eigenvalue weighted by molar-refractivity contribution is -0.137. The molecule has 0 fully saturated rings. The monoisotopic (exact) mass is 495 g/mol. The summed E-state index contributed by atoms with van der Waals surface area (Å²) in [4.78, 5) is 37.9. The first-order valence-electron chi connectivity index (χ1n) is 8.76. The van der Waals surface area contributed by atoms with E-state index in [2.05, 4.69) is 36.6 Å². The number of halogens is 3. The number of rotatable bonds is 9. The normalized spacial score (nSPS) is 11.2. The maximum absolute atomic E-state index is 13.4. The van der Waals surface area contributed by atoms with Crippen LogP contribution in [-0.4, -0.2) is 35.5 Å². The van der Waals surface area contributed by atoms with Gasteiger partial charge in [0.15, 0.2) is 11.6 Å². The highest BCUT2D eigenvalue weighted by Crippen LogP contribution is 2.20. The summed E-state index contributed by atoms with van der Waals surface area (Å²) >= 11 is 3.01. The van der Waals surface area contributed by atoms with Crippen molar-refractivity contribution < 1.29 is 28.3 Å². The van der Waals surface area contributed by atoms with Crippen molar-refractivity contribution in [2.75, 3.05) is 6.54 Å². The van der Waals surface area contributed by atoms with E-state index in [9.17, 15) is 23.2 Å². The van der Waals surface area contributed by atoms with Crippen LogP contribution in [0.15, 0.2) is 46.0 Å². The third-order valence-electron chi connectivity index (χ3n) is 4.05. The summed E-state index contributed by atoms with van der Waals surface area (Å²) in [5, 5.41) is 17.2. The Kier molecular flexibility index (Phi) is 8.47. The summed E-state index contributed by atoms with van der Waals surface area (Å²) < 4.78 is 26.6. The Morgan fingerprint density at radius 1 is 1.13 bits per heavy atom. The van der Waals surface area contributed by atoms with Crippen LogP contribution >= 0.6 is 15.9 Å². The molecule has 0 bridgehead atoms. The summed E-state index contributed by atoms with van der Waals surface area (Å²) in [7, 11) is 0. The molecule has 2 amide bonds. The molecule has 0 aliphatic carbocycles. The molecule has 0 saturated heterocycles. The fourth-order valence-corrected chi connectivity index (χ4v) is 3.02. The van der Waals surface area contributed by atoms with Crippen LogP contribution in [0.4, 0.5) is 8.78 Å². The van der Waals surface area contributed by atoms with Gasteiger partial charge < -0.3 is 15.7 Å². The van der Waals surface area contributed by atoms with Crippen molar-refractivity contribution >= 4 is 33.7 Å².